The number of nitrogens with zero attached hydrogens (tertiary/aromatic N) is 2. The van der Waals surface area contributed by atoms with Crippen molar-refractivity contribution in [2.45, 2.75) is 20.3 Å². The van der Waals surface area contributed by atoms with Crippen LogP contribution in [-0.4, -0.2) is 21.5 Å². The van der Waals surface area contributed by atoms with Gasteiger partial charge in [0.1, 0.15) is 0 Å². The number of nitrogens with one attached hydrogen (secondary N) is 1. The monoisotopic (exact) mass is 271 g/mol. The normalized spacial score (nSPS) is 10.3. The van der Waals surface area contributed by atoms with E-state index >= 15 is 0 Å². The minimum absolute atomic E-state index is 0.0308. The SMILES string of the molecule is CCc1nn(C)cc1C(=O)Nc1cccc(C(C)=O)c1. The summed E-state index contributed by atoms with van der Waals surface area (Å²) in [7, 11) is 1.78. The van der Waals surface area contributed by atoms with Gasteiger partial charge >= 0.3 is 0 Å². The predicted octanol–water partition coefficient (Wildman–Crippen LogP) is 2.44. The average Bonchev–Trinajstić information content (AvgIpc) is 2.80. The summed E-state index contributed by atoms with van der Waals surface area (Å²) in [6.07, 6.45) is 2.39. The van der Waals surface area contributed by atoms with Crippen molar-refractivity contribution in [3.8, 4) is 0 Å². The van der Waals surface area contributed by atoms with Crippen LogP contribution in [-0.2, 0) is 13.5 Å². The fourth-order valence-corrected chi connectivity index (χ4v) is 2.00. The Morgan fingerprint density at radius 3 is 2.75 bits per heavy atom. The van der Waals surface area contributed by atoms with Gasteiger partial charge in [-0.05, 0) is 25.5 Å². The van der Waals surface area contributed by atoms with Crippen molar-refractivity contribution in [2.24, 2.45) is 7.05 Å². The van der Waals surface area contributed by atoms with Gasteiger partial charge in [-0.1, -0.05) is 19.1 Å². The van der Waals surface area contributed by atoms with Crippen molar-refractivity contribution in [1.82, 2.24) is 9.78 Å². The van der Waals surface area contributed by atoms with E-state index in [0.29, 0.717) is 23.2 Å². The van der Waals surface area contributed by atoms with Crippen molar-refractivity contribution < 1.29 is 9.59 Å². The number of carbonyl (C=O) groups is 2. The third kappa shape index (κ3) is 2.93. The maximum atomic E-state index is 12.2. The number of amides is 1. The van der Waals surface area contributed by atoms with Crippen LogP contribution in [0.1, 0.15) is 40.3 Å². The number of aryl methyl sites for hydroxylation is 2. The minimum Gasteiger partial charge on any atom is -0.322 e. The van der Waals surface area contributed by atoms with Gasteiger partial charge in [-0.3, -0.25) is 14.3 Å². The van der Waals surface area contributed by atoms with Crippen molar-refractivity contribution in [2.75, 3.05) is 5.32 Å². The molecular formula is C15H17N3O2. The molecule has 0 saturated carbocycles. The number of hydrogen-bond acceptors (Lipinski definition) is 3. The van der Waals surface area contributed by atoms with Crippen LogP contribution < -0.4 is 5.32 Å². The first-order valence-electron chi connectivity index (χ1n) is 6.46. The van der Waals surface area contributed by atoms with E-state index in [4.69, 9.17) is 0 Å². The molecule has 0 fully saturated rings. The number of aromatic nitrogens is 2. The molecule has 1 heterocycles. The Morgan fingerprint density at radius 1 is 1.35 bits per heavy atom. The highest BCUT2D eigenvalue weighted by Crippen LogP contribution is 2.14. The second-order valence-corrected chi connectivity index (χ2v) is 4.61. The Balaban J connectivity index is 2.23. The predicted molar refractivity (Wildman–Crippen MR) is 77.0 cm³/mol. The molecule has 1 aromatic carbocycles. The van der Waals surface area contributed by atoms with E-state index in [1.807, 2.05) is 6.92 Å². The fraction of sp³-hybridized carbons (Fsp3) is 0.267. The minimum atomic E-state index is -0.212. The van der Waals surface area contributed by atoms with Crippen LogP contribution in [0.25, 0.3) is 0 Å². The molecule has 5 heteroatoms. The van der Waals surface area contributed by atoms with Crippen LogP contribution in [0, 0.1) is 0 Å². The van der Waals surface area contributed by atoms with Gasteiger partial charge < -0.3 is 5.32 Å². The van der Waals surface area contributed by atoms with Crippen LogP contribution >= 0.6 is 0 Å². The van der Waals surface area contributed by atoms with Crippen LogP contribution in [0.4, 0.5) is 5.69 Å². The molecule has 104 valence electrons. The number of benzene rings is 1. The van der Waals surface area contributed by atoms with Crippen LogP contribution in [0.15, 0.2) is 30.5 Å². The molecule has 0 aliphatic heterocycles. The zero-order chi connectivity index (χ0) is 14.7. The first-order valence-corrected chi connectivity index (χ1v) is 6.46. The summed E-state index contributed by atoms with van der Waals surface area (Å²) in [6, 6.07) is 6.89. The van der Waals surface area contributed by atoms with Crippen LogP contribution in [0.5, 0.6) is 0 Å². The standard InChI is InChI=1S/C15H17N3O2/c1-4-14-13(9-18(3)17-14)15(20)16-12-7-5-6-11(8-12)10(2)19/h5-9H,4H2,1-3H3,(H,16,20). The van der Waals surface area contributed by atoms with E-state index in [0.717, 1.165) is 5.69 Å². The lowest BCUT2D eigenvalue weighted by atomic mass is 10.1. The molecular weight excluding hydrogens is 254 g/mol. The lowest BCUT2D eigenvalue weighted by Crippen LogP contribution is -2.13. The van der Waals surface area contributed by atoms with Crippen molar-refractivity contribution in [3.05, 3.63) is 47.3 Å². The third-order valence-electron chi connectivity index (χ3n) is 3.01. The molecule has 0 aliphatic carbocycles. The lowest BCUT2D eigenvalue weighted by Gasteiger charge is -2.06. The highest BCUT2D eigenvalue weighted by molar-refractivity contribution is 6.05. The number of anilines is 1. The van der Waals surface area contributed by atoms with Gasteiger partial charge in [0, 0.05) is 24.5 Å². The second kappa shape index (κ2) is 5.69. The van der Waals surface area contributed by atoms with E-state index in [9.17, 15) is 9.59 Å². The average molecular weight is 271 g/mol. The number of Topliss-reactive ketones (excluding diaryl/α,β-unsaturated/α-hetero) is 1. The Labute approximate surface area is 117 Å². The molecule has 20 heavy (non-hydrogen) atoms. The number of rotatable bonds is 4. The second-order valence-electron chi connectivity index (χ2n) is 4.61. The van der Waals surface area contributed by atoms with Gasteiger partial charge in [0.05, 0.1) is 11.3 Å². The molecule has 1 N–H and O–H groups in total. The molecule has 0 radical (unpaired) electrons. The molecule has 0 saturated heterocycles. The van der Waals surface area contributed by atoms with Gasteiger partial charge in [0.25, 0.3) is 5.91 Å². The van der Waals surface area contributed by atoms with Crippen molar-refractivity contribution >= 4 is 17.4 Å². The number of carbonyl (C=O) groups excluding carboxylic acids is 2. The van der Waals surface area contributed by atoms with E-state index in [1.54, 1.807) is 42.2 Å². The maximum absolute atomic E-state index is 12.2. The molecule has 1 aromatic heterocycles. The van der Waals surface area contributed by atoms with Crippen molar-refractivity contribution in [1.29, 1.82) is 0 Å². The number of hydrogen-bond donors (Lipinski definition) is 1. The first kappa shape index (κ1) is 14.0. The van der Waals surface area contributed by atoms with Crippen LogP contribution in [0.2, 0.25) is 0 Å². The zero-order valence-corrected chi connectivity index (χ0v) is 11.8. The Hall–Kier alpha value is -2.43. The Bertz CT molecular complexity index is 659. The topological polar surface area (TPSA) is 64.0 Å². The molecule has 5 nitrogen and oxygen atoms in total. The molecule has 2 aromatic rings. The van der Waals surface area contributed by atoms with Gasteiger partial charge in [-0.2, -0.15) is 5.10 Å². The molecule has 1 amide bonds. The molecule has 0 spiro atoms. The highest BCUT2D eigenvalue weighted by atomic mass is 16.1. The largest absolute Gasteiger partial charge is 0.322 e. The molecule has 0 atom stereocenters. The van der Waals surface area contributed by atoms with E-state index < -0.39 is 0 Å². The Morgan fingerprint density at radius 2 is 2.10 bits per heavy atom. The first-order chi connectivity index (χ1) is 9.51. The summed E-state index contributed by atoms with van der Waals surface area (Å²) >= 11 is 0. The lowest BCUT2D eigenvalue weighted by molar-refractivity contribution is 0.101. The summed E-state index contributed by atoms with van der Waals surface area (Å²) in [5.41, 5.74) is 2.49. The maximum Gasteiger partial charge on any atom is 0.259 e. The fourth-order valence-electron chi connectivity index (χ4n) is 2.00. The summed E-state index contributed by atoms with van der Waals surface area (Å²) in [4.78, 5) is 23.6. The van der Waals surface area contributed by atoms with Gasteiger partial charge in [-0.25, -0.2) is 0 Å². The van der Waals surface area contributed by atoms with Gasteiger partial charge in [0.2, 0.25) is 0 Å². The molecule has 0 aliphatic rings. The summed E-state index contributed by atoms with van der Waals surface area (Å²) in [5.74, 6) is -0.243. The molecule has 0 unspecified atom stereocenters. The van der Waals surface area contributed by atoms with E-state index in [1.165, 1.54) is 6.92 Å². The van der Waals surface area contributed by atoms with E-state index in [-0.39, 0.29) is 11.7 Å². The van der Waals surface area contributed by atoms with Crippen molar-refractivity contribution in [3.63, 3.8) is 0 Å². The highest BCUT2D eigenvalue weighted by Gasteiger charge is 2.14. The van der Waals surface area contributed by atoms with Crippen LogP contribution in [0.3, 0.4) is 0 Å². The molecule has 2 rings (SSSR count). The van der Waals surface area contributed by atoms with E-state index in [2.05, 4.69) is 10.4 Å². The Kier molecular flexibility index (Phi) is 3.98. The quantitative estimate of drug-likeness (QED) is 0.869. The van der Waals surface area contributed by atoms with Gasteiger partial charge in [-0.15, -0.1) is 0 Å². The third-order valence-corrected chi connectivity index (χ3v) is 3.01. The summed E-state index contributed by atoms with van der Waals surface area (Å²) in [5, 5.41) is 7.04. The summed E-state index contributed by atoms with van der Waals surface area (Å²) < 4.78 is 1.62. The zero-order valence-electron chi connectivity index (χ0n) is 11.8. The number of ketones is 1. The molecule has 0 bridgehead atoms. The smallest absolute Gasteiger partial charge is 0.259 e. The van der Waals surface area contributed by atoms with Gasteiger partial charge in [0.15, 0.2) is 5.78 Å². The summed E-state index contributed by atoms with van der Waals surface area (Å²) in [6.45, 7) is 3.45.